The van der Waals surface area contributed by atoms with Crippen molar-refractivity contribution < 1.29 is 21.6 Å². The first kappa shape index (κ1) is 20.5. The van der Waals surface area contributed by atoms with E-state index in [1.807, 2.05) is 4.90 Å². The Morgan fingerprint density at radius 1 is 1.33 bits per heavy atom. The topological polar surface area (TPSA) is 91.1 Å². The van der Waals surface area contributed by atoms with E-state index in [0.717, 1.165) is 12.4 Å². The average Bonchev–Trinajstić information content (AvgIpc) is 3.26. The number of aliphatic imine (C=N–C) groups is 2. The number of alkyl halides is 3. The summed E-state index contributed by atoms with van der Waals surface area (Å²) in [5.41, 5.74) is -0.816. The van der Waals surface area contributed by atoms with Crippen molar-refractivity contribution in [1.29, 1.82) is 0 Å². The van der Waals surface area contributed by atoms with Crippen LogP contribution in [0.4, 0.5) is 19.0 Å². The molecule has 0 bridgehead atoms. The Labute approximate surface area is 171 Å². The number of anilines is 1. The molecule has 0 N–H and O–H groups in total. The standard InChI is InChI=1S/C18H19F3N6O2S/c1-22-8-13(26-6-5-23-15(11-26)18(19,20)21)17-24-4-2-16(25-17)27-9-12-3-7-30(28,29)14(12)10-27/h2,4-5,8,11-12,14H,1,3,6-7,9-10H2/b13-8-. The number of fused-ring (bicyclic) bond motifs is 1. The van der Waals surface area contributed by atoms with E-state index < -0.39 is 27.0 Å². The number of sulfone groups is 1. The molecule has 160 valence electrons. The Kier molecular flexibility index (Phi) is 5.12. The Hall–Kier alpha value is -2.76. The van der Waals surface area contributed by atoms with Crippen molar-refractivity contribution in [3.63, 3.8) is 0 Å². The predicted octanol–water partition coefficient (Wildman–Crippen LogP) is 1.89. The minimum Gasteiger partial charge on any atom is -0.355 e. The van der Waals surface area contributed by atoms with E-state index in [1.165, 1.54) is 17.3 Å². The number of nitrogens with zero attached hydrogens (tertiary/aromatic N) is 6. The third kappa shape index (κ3) is 3.83. The first-order chi connectivity index (χ1) is 14.2. The molecular formula is C18H19F3N6O2S. The molecule has 0 radical (unpaired) electrons. The molecule has 4 rings (SSSR count). The smallest absolute Gasteiger partial charge is 0.355 e. The van der Waals surface area contributed by atoms with Gasteiger partial charge in [-0.2, -0.15) is 13.2 Å². The van der Waals surface area contributed by atoms with Crippen molar-refractivity contribution in [2.75, 3.05) is 30.3 Å². The van der Waals surface area contributed by atoms with Crippen LogP contribution in [0.2, 0.25) is 0 Å². The zero-order valence-electron chi connectivity index (χ0n) is 15.8. The highest BCUT2D eigenvalue weighted by Gasteiger charge is 2.46. The van der Waals surface area contributed by atoms with Crippen LogP contribution in [0.5, 0.6) is 0 Å². The summed E-state index contributed by atoms with van der Waals surface area (Å²) in [5.74, 6) is 0.958. The number of hydrogen-bond acceptors (Lipinski definition) is 8. The molecule has 30 heavy (non-hydrogen) atoms. The number of rotatable bonds is 4. The molecule has 2 unspecified atom stereocenters. The third-order valence-corrected chi connectivity index (χ3v) is 7.67. The van der Waals surface area contributed by atoms with Crippen LogP contribution in [0, 0.1) is 5.92 Å². The summed E-state index contributed by atoms with van der Waals surface area (Å²) in [6.07, 6.45) is 0.833. The van der Waals surface area contributed by atoms with Crippen molar-refractivity contribution in [3.05, 3.63) is 36.2 Å². The van der Waals surface area contributed by atoms with Crippen molar-refractivity contribution >= 4 is 34.3 Å². The van der Waals surface area contributed by atoms with Gasteiger partial charge >= 0.3 is 6.18 Å². The molecule has 4 heterocycles. The second-order valence-corrected chi connectivity index (χ2v) is 9.61. The maximum Gasteiger partial charge on any atom is 0.434 e. The van der Waals surface area contributed by atoms with Gasteiger partial charge in [-0.3, -0.25) is 9.98 Å². The molecule has 3 aliphatic rings. The van der Waals surface area contributed by atoms with Crippen LogP contribution >= 0.6 is 0 Å². The van der Waals surface area contributed by atoms with E-state index in [2.05, 4.69) is 26.7 Å². The minimum absolute atomic E-state index is 0.0638. The summed E-state index contributed by atoms with van der Waals surface area (Å²) >= 11 is 0. The van der Waals surface area contributed by atoms with Gasteiger partial charge in [0.25, 0.3) is 0 Å². The summed E-state index contributed by atoms with van der Waals surface area (Å²) in [6, 6.07) is 1.66. The fourth-order valence-electron chi connectivity index (χ4n) is 3.95. The van der Waals surface area contributed by atoms with Crippen molar-refractivity contribution in [3.8, 4) is 0 Å². The highest BCUT2D eigenvalue weighted by Crippen LogP contribution is 2.36. The van der Waals surface area contributed by atoms with E-state index in [0.29, 0.717) is 25.3 Å². The van der Waals surface area contributed by atoms with E-state index in [-0.39, 0.29) is 29.7 Å². The molecule has 8 nitrogen and oxygen atoms in total. The van der Waals surface area contributed by atoms with Crippen LogP contribution in [-0.4, -0.2) is 73.0 Å². The van der Waals surface area contributed by atoms with E-state index in [1.54, 1.807) is 6.07 Å². The lowest BCUT2D eigenvalue weighted by atomic mass is 10.1. The lowest BCUT2D eigenvalue weighted by Gasteiger charge is -2.25. The SMILES string of the molecule is C=N/C=C(/c1nccc(N2CC3CCS(=O)(=O)C3C2)n1)N1C=C(C(F)(F)F)N=CC1. The molecule has 12 heteroatoms. The zero-order valence-corrected chi connectivity index (χ0v) is 16.6. The van der Waals surface area contributed by atoms with Gasteiger partial charge in [0.1, 0.15) is 11.5 Å². The first-order valence-corrected chi connectivity index (χ1v) is 10.9. The Morgan fingerprint density at radius 2 is 2.13 bits per heavy atom. The molecule has 0 amide bonds. The van der Waals surface area contributed by atoms with Crippen LogP contribution < -0.4 is 4.90 Å². The first-order valence-electron chi connectivity index (χ1n) is 9.23. The summed E-state index contributed by atoms with van der Waals surface area (Å²) in [5, 5.41) is -0.406. The number of aromatic nitrogens is 2. The molecule has 2 fully saturated rings. The van der Waals surface area contributed by atoms with E-state index in [9.17, 15) is 21.6 Å². The summed E-state index contributed by atoms with van der Waals surface area (Å²) in [4.78, 5) is 18.9. The van der Waals surface area contributed by atoms with Gasteiger partial charge in [0, 0.05) is 31.7 Å². The highest BCUT2D eigenvalue weighted by molar-refractivity contribution is 7.92. The summed E-state index contributed by atoms with van der Waals surface area (Å²) in [6.45, 7) is 4.37. The second-order valence-electron chi connectivity index (χ2n) is 7.27. The largest absolute Gasteiger partial charge is 0.434 e. The fourth-order valence-corrected chi connectivity index (χ4v) is 6.10. The molecule has 0 saturated carbocycles. The van der Waals surface area contributed by atoms with Crippen LogP contribution in [-0.2, 0) is 9.84 Å². The van der Waals surface area contributed by atoms with Gasteiger partial charge in [-0.25, -0.2) is 18.4 Å². The van der Waals surface area contributed by atoms with Gasteiger partial charge in [-0.1, -0.05) is 0 Å². The van der Waals surface area contributed by atoms with Gasteiger partial charge < -0.3 is 9.80 Å². The summed E-state index contributed by atoms with van der Waals surface area (Å²) in [7, 11) is -3.09. The molecule has 1 aromatic rings. The monoisotopic (exact) mass is 440 g/mol. The minimum atomic E-state index is -4.59. The van der Waals surface area contributed by atoms with Crippen molar-refractivity contribution in [1.82, 2.24) is 14.9 Å². The van der Waals surface area contributed by atoms with Crippen LogP contribution in [0.3, 0.4) is 0 Å². The molecule has 2 atom stereocenters. The zero-order chi connectivity index (χ0) is 21.5. The second kappa shape index (κ2) is 7.49. The number of halogens is 3. The van der Waals surface area contributed by atoms with Crippen LogP contribution in [0.25, 0.3) is 5.70 Å². The average molecular weight is 440 g/mol. The number of allylic oxidation sites excluding steroid dienone is 1. The lowest BCUT2D eigenvalue weighted by molar-refractivity contribution is -0.0934. The quantitative estimate of drug-likeness (QED) is 0.664. The van der Waals surface area contributed by atoms with E-state index in [4.69, 9.17) is 0 Å². The lowest BCUT2D eigenvalue weighted by Crippen LogP contribution is -2.28. The van der Waals surface area contributed by atoms with Crippen molar-refractivity contribution in [2.45, 2.75) is 17.8 Å². The van der Waals surface area contributed by atoms with Crippen LogP contribution in [0.1, 0.15) is 12.2 Å². The van der Waals surface area contributed by atoms with Gasteiger partial charge in [-0.05, 0) is 25.1 Å². The van der Waals surface area contributed by atoms with Crippen LogP contribution in [0.15, 0.2) is 40.3 Å². The summed E-state index contributed by atoms with van der Waals surface area (Å²) < 4.78 is 63.6. The Balaban J connectivity index is 1.62. The molecule has 1 aromatic heterocycles. The maximum absolute atomic E-state index is 13.1. The Bertz CT molecular complexity index is 1050. The maximum atomic E-state index is 13.1. The molecule has 0 aromatic carbocycles. The molecule has 3 aliphatic heterocycles. The third-order valence-electron chi connectivity index (χ3n) is 5.41. The van der Waals surface area contributed by atoms with Gasteiger partial charge in [0.05, 0.1) is 23.7 Å². The number of hydrogen-bond donors (Lipinski definition) is 0. The highest BCUT2D eigenvalue weighted by atomic mass is 32.2. The fraction of sp³-hybridized carbons (Fsp3) is 0.444. The molecule has 0 spiro atoms. The van der Waals surface area contributed by atoms with Gasteiger partial charge in [0.15, 0.2) is 21.4 Å². The predicted molar refractivity (Wildman–Crippen MR) is 107 cm³/mol. The molecular weight excluding hydrogens is 421 g/mol. The van der Waals surface area contributed by atoms with Crippen molar-refractivity contribution in [2.24, 2.45) is 15.9 Å². The Morgan fingerprint density at radius 3 is 2.83 bits per heavy atom. The van der Waals surface area contributed by atoms with E-state index >= 15 is 0 Å². The van der Waals surface area contributed by atoms with Gasteiger partial charge in [-0.15, -0.1) is 0 Å². The normalized spacial score (nSPS) is 26.0. The molecule has 0 aliphatic carbocycles. The molecule has 2 saturated heterocycles. The van der Waals surface area contributed by atoms with Gasteiger partial charge in [0.2, 0.25) is 0 Å².